The van der Waals surface area contributed by atoms with E-state index in [0.717, 1.165) is 42.8 Å². The van der Waals surface area contributed by atoms with Crippen LogP contribution < -0.4 is 10.8 Å². The van der Waals surface area contributed by atoms with Crippen LogP contribution in [-0.4, -0.2) is 26.8 Å². The summed E-state index contributed by atoms with van der Waals surface area (Å²) in [7, 11) is 0. The number of hydrogen-bond acceptors (Lipinski definition) is 5. The molecule has 7 nitrogen and oxygen atoms in total. The SMILES string of the molecule is N=Cn1c2c(cc(C(=O)Nc3ncc(F)cn3)c1=N)C(C1CCC1)CC2. The first-order valence-corrected chi connectivity index (χ1v) is 8.71. The van der Waals surface area contributed by atoms with E-state index in [0.29, 0.717) is 11.8 Å². The summed E-state index contributed by atoms with van der Waals surface area (Å²) >= 11 is 0. The van der Waals surface area contributed by atoms with Crippen LogP contribution >= 0.6 is 0 Å². The first-order chi connectivity index (χ1) is 12.6. The average Bonchev–Trinajstić information content (AvgIpc) is 2.98. The minimum atomic E-state index is -0.591. The molecule has 1 amide bonds. The molecule has 3 N–H and O–H groups in total. The van der Waals surface area contributed by atoms with Crippen molar-refractivity contribution in [2.75, 3.05) is 5.32 Å². The molecule has 1 fully saturated rings. The predicted molar refractivity (Wildman–Crippen MR) is 92.8 cm³/mol. The van der Waals surface area contributed by atoms with E-state index in [1.54, 1.807) is 6.07 Å². The number of nitrogens with one attached hydrogen (secondary N) is 3. The second-order valence-corrected chi connectivity index (χ2v) is 6.82. The van der Waals surface area contributed by atoms with Crippen molar-refractivity contribution >= 4 is 18.2 Å². The van der Waals surface area contributed by atoms with Gasteiger partial charge in [0, 0.05) is 5.69 Å². The molecule has 1 unspecified atom stereocenters. The number of pyridine rings is 1. The van der Waals surface area contributed by atoms with E-state index >= 15 is 0 Å². The zero-order chi connectivity index (χ0) is 18.3. The van der Waals surface area contributed by atoms with Gasteiger partial charge in [-0.1, -0.05) is 6.42 Å². The highest BCUT2D eigenvalue weighted by Gasteiger charge is 2.35. The van der Waals surface area contributed by atoms with Crippen molar-refractivity contribution in [1.82, 2.24) is 14.5 Å². The lowest BCUT2D eigenvalue weighted by atomic mass is 9.73. The Bertz CT molecular complexity index is 932. The van der Waals surface area contributed by atoms with E-state index in [-0.39, 0.29) is 17.0 Å². The lowest BCUT2D eigenvalue weighted by Crippen LogP contribution is -2.32. The van der Waals surface area contributed by atoms with Gasteiger partial charge < -0.3 is 0 Å². The van der Waals surface area contributed by atoms with Crippen LogP contribution in [0.1, 0.15) is 53.2 Å². The van der Waals surface area contributed by atoms with Gasteiger partial charge in [0.25, 0.3) is 5.91 Å². The van der Waals surface area contributed by atoms with Crippen LogP contribution in [0.2, 0.25) is 0 Å². The van der Waals surface area contributed by atoms with E-state index in [2.05, 4.69) is 15.3 Å². The Morgan fingerprint density at radius 3 is 2.65 bits per heavy atom. The molecule has 2 heterocycles. The van der Waals surface area contributed by atoms with Crippen molar-refractivity contribution < 1.29 is 9.18 Å². The van der Waals surface area contributed by atoms with Gasteiger partial charge in [-0.15, -0.1) is 0 Å². The maximum atomic E-state index is 12.9. The van der Waals surface area contributed by atoms with Crippen molar-refractivity contribution in [3.63, 3.8) is 0 Å². The zero-order valence-electron chi connectivity index (χ0n) is 14.1. The van der Waals surface area contributed by atoms with Gasteiger partial charge in [-0.25, -0.2) is 14.4 Å². The molecular weight excluding hydrogens is 335 g/mol. The van der Waals surface area contributed by atoms with Gasteiger partial charge in [-0.3, -0.25) is 25.5 Å². The summed E-state index contributed by atoms with van der Waals surface area (Å²) in [6.07, 6.45) is 8.49. The number of carbonyl (C=O) groups is 1. The Balaban J connectivity index is 1.71. The minimum Gasteiger partial charge on any atom is -0.291 e. The second kappa shape index (κ2) is 6.44. The van der Waals surface area contributed by atoms with E-state index in [9.17, 15) is 9.18 Å². The smallest absolute Gasteiger partial charge is 0.261 e. The quantitative estimate of drug-likeness (QED) is 0.580. The molecule has 26 heavy (non-hydrogen) atoms. The number of anilines is 1. The van der Waals surface area contributed by atoms with E-state index in [1.165, 1.54) is 23.8 Å². The fraction of sp³-hybridized carbons (Fsp3) is 0.389. The molecular formula is C18H19FN6O. The third kappa shape index (κ3) is 2.71. The Morgan fingerprint density at radius 2 is 2.04 bits per heavy atom. The van der Waals surface area contributed by atoms with Crippen LogP contribution in [0.4, 0.5) is 10.3 Å². The summed E-state index contributed by atoms with van der Waals surface area (Å²) in [5, 5.41) is 18.5. The van der Waals surface area contributed by atoms with Crippen LogP contribution in [0, 0.1) is 22.6 Å². The van der Waals surface area contributed by atoms with Crippen LogP contribution in [-0.2, 0) is 6.42 Å². The summed E-state index contributed by atoms with van der Waals surface area (Å²) in [5.41, 5.74) is 2.16. The first-order valence-electron chi connectivity index (χ1n) is 8.71. The maximum Gasteiger partial charge on any atom is 0.261 e. The highest BCUT2D eigenvalue weighted by Crippen LogP contribution is 2.46. The summed E-state index contributed by atoms with van der Waals surface area (Å²) < 4.78 is 14.4. The van der Waals surface area contributed by atoms with Gasteiger partial charge in [-0.2, -0.15) is 0 Å². The van der Waals surface area contributed by atoms with E-state index < -0.39 is 11.7 Å². The first kappa shape index (κ1) is 16.6. The second-order valence-electron chi connectivity index (χ2n) is 6.82. The number of halogens is 1. The third-order valence-corrected chi connectivity index (χ3v) is 5.45. The molecule has 4 rings (SSSR count). The number of hydrogen-bond donors (Lipinski definition) is 3. The highest BCUT2D eigenvalue weighted by molar-refractivity contribution is 6.03. The summed E-state index contributed by atoms with van der Waals surface area (Å²) in [6.45, 7) is 0. The number of nitrogens with zero attached hydrogens (tertiary/aromatic N) is 3. The van der Waals surface area contributed by atoms with Crippen LogP contribution in [0.5, 0.6) is 0 Å². The Labute approximate surface area is 149 Å². The fourth-order valence-corrected chi connectivity index (χ4v) is 3.94. The van der Waals surface area contributed by atoms with Crippen molar-refractivity contribution in [2.24, 2.45) is 5.92 Å². The van der Waals surface area contributed by atoms with Gasteiger partial charge in [0.15, 0.2) is 5.82 Å². The van der Waals surface area contributed by atoms with E-state index in [1.807, 2.05) is 0 Å². The molecule has 0 bridgehead atoms. The molecule has 2 aromatic rings. The fourth-order valence-electron chi connectivity index (χ4n) is 3.94. The molecule has 2 aromatic heterocycles. The lowest BCUT2D eigenvalue weighted by molar-refractivity contribution is 0.102. The molecule has 0 spiro atoms. The van der Waals surface area contributed by atoms with Gasteiger partial charge in [0.05, 0.1) is 24.3 Å². The molecule has 0 aromatic carbocycles. The predicted octanol–water partition coefficient (Wildman–Crippen LogP) is 2.43. The lowest BCUT2D eigenvalue weighted by Gasteiger charge is -2.32. The largest absolute Gasteiger partial charge is 0.291 e. The molecule has 8 heteroatoms. The Hall–Kier alpha value is -2.90. The summed E-state index contributed by atoms with van der Waals surface area (Å²) in [6, 6.07) is 1.78. The number of fused-ring (bicyclic) bond motifs is 1. The van der Waals surface area contributed by atoms with Gasteiger partial charge in [0.1, 0.15) is 5.49 Å². The van der Waals surface area contributed by atoms with E-state index in [4.69, 9.17) is 10.8 Å². The molecule has 2 aliphatic carbocycles. The minimum absolute atomic E-state index is 0.0201. The van der Waals surface area contributed by atoms with Gasteiger partial charge in [0.2, 0.25) is 5.95 Å². The van der Waals surface area contributed by atoms with Crippen molar-refractivity contribution in [3.8, 4) is 0 Å². The summed E-state index contributed by atoms with van der Waals surface area (Å²) in [4.78, 5) is 20.1. The van der Waals surface area contributed by atoms with Gasteiger partial charge >= 0.3 is 0 Å². The maximum absolute atomic E-state index is 12.9. The topological polar surface area (TPSA) is 108 Å². The molecule has 0 saturated heterocycles. The molecule has 0 aliphatic heterocycles. The molecule has 134 valence electrons. The standard InChI is InChI=1S/C18H19FN6O/c19-11-7-22-18(23-8-11)24-17(26)14-6-13-12(10-2-1-3-10)4-5-15(13)25(9-20)16(14)21/h6-10,12,20-21H,1-5H2,(H,22,23,24,26). The zero-order valence-corrected chi connectivity index (χ0v) is 14.1. The number of aromatic nitrogens is 3. The third-order valence-electron chi connectivity index (χ3n) is 5.45. The summed E-state index contributed by atoms with van der Waals surface area (Å²) in [5.74, 6) is -0.123. The number of amides is 1. The molecule has 0 radical (unpaired) electrons. The molecule has 2 aliphatic rings. The Morgan fingerprint density at radius 1 is 1.31 bits per heavy atom. The average molecular weight is 354 g/mol. The Kier molecular flexibility index (Phi) is 4.10. The van der Waals surface area contributed by atoms with Crippen molar-refractivity contribution in [1.29, 1.82) is 10.8 Å². The molecule has 1 atom stereocenters. The van der Waals surface area contributed by atoms with Gasteiger partial charge in [-0.05, 0) is 49.1 Å². The number of carbonyl (C=O) groups excluding carboxylic acids is 1. The van der Waals surface area contributed by atoms with Crippen LogP contribution in [0.25, 0.3) is 0 Å². The molecule has 1 saturated carbocycles. The van der Waals surface area contributed by atoms with Crippen LogP contribution in [0.3, 0.4) is 0 Å². The highest BCUT2D eigenvalue weighted by atomic mass is 19.1. The number of rotatable bonds is 4. The van der Waals surface area contributed by atoms with Crippen LogP contribution in [0.15, 0.2) is 18.5 Å². The monoisotopic (exact) mass is 354 g/mol. The van der Waals surface area contributed by atoms with Crippen molar-refractivity contribution in [2.45, 2.75) is 38.0 Å². The van der Waals surface area contributed by atoms with Crippen molar-refractivity contribution in [3.05, 3.63) is 46.6 Å². The normalized spacial score (nSPS) is 18.9.